The van der Waals surface area contributed by atoms with Crippen LogP contribution < -0.4 is 5.32 Å². The van der Waals surface area contributed by atoms with Crippen LogP contribution in [0.5, 0.6) is 0 Å². The molecule has 0 saturated heterocycles. The number of nitriles is 1. The smallest absolute Gasteiger partial charge is 0.323 e. The molecule has 0 aliphatic carbocycles. The number of rotatable bonds is 7. The summed E-state index contributed by atoms with van der Waals surface area (Å²) in [6.45, 7) is 1.86. The van der Waals surface area contributed by atoms with Crippen molar-refractivity contribution in [2.75, 3.05) is 5.32 Å². The third-order valence-corrected chi connectivity index (χ3v) is 4.57. The van der Waals surface area contributed by atoms with Gasteiger partial charge in [0.15, 0.2) is 0 Å². The fourth-order valence-corrected chi connectivity index (χ4v) is 3.29. The van der Waals surface area contributed by atoms with Crippen LogP contribution in [0.15, 0.2) is 60.3 Å². The first-order chi connectivity index (χ1) is 14.0. The summed E-state index contributed by atoms with van der Waals surface area (Å²) in [5.74, 6) is -1.46. The number of hydrogen-bond acceptors (Lipinski definition) is 3. The van der Waals surface area contributed by atoms with Crippen molar-refractivity contribution in [2.45, 2.75) is 26.3 Å². The van der Waals surface area contributed by atoms with Crippen molar-refractivity contribution in [2.24, 2.45) is 0 Å². The van der Waals surface area contributed by atoms with Crippen molar-refractivity contribution in [3.8, 4) is 6.07 Å². The van der Waals surface area contributed by atoms with E-state index in [1.165, 1.54) is 6.08 Å². The standard InChI is InChI=1S/C23H21N3O3/c1-2-7-16-8-3-5-10-20(16)25-23(29)17(13-24)12-18-14-26(15-22(27)28)21-11-6-4-9-19(18)21/h3-6,8-12,14H,2,7,15H2,1H3,(H,25,29)(H,27,28)/b17-12+. The van der Waals surface area contributed by atoms with Gasteiger partial charge in [-0.3, -0.25) is 9.59 Å². The Labute approximate surface area is 168 Å². The van der Waals surface area contributed by atoms with E-state index >= 15 is 0 Å². The van der Waals surface area contributed by atoms with Crippen LogP contribution in [0.1, 0.15) is 24.5 Å². The normalized spacial score (nSPS) is 11.2. The molecule has 0 spiro atoms. The number of para-hydroxylation sites is 2. The third kappa shape index (κ3) is 4.53. The van der Waals surface area contributed by atoms with Gasteiger partial charge >= 0.3 is 5.97 Å². The number of benzene rings is 2. The first kappa shape index (κ1) is 19.9. The molecule has 1 heterocycles. The van der Waals surface area contributed by atoms with Crippen molar-refractivity contribution in [1.29, 1.82) is 5.26 Å². The summed E-state index contributed by atoms with van der Waals surface area (Å²) in [6, 6.07) is 16.8. The highest BCUT2D eigenvalue weighted by Gasteiger charge is 2.14. The van der Waals surface area contributed by atoms with Gasteiger partial charge in [-0.1, -0.05) is 49.7 Å². The molecule has 146 valence electrons. The number of carboxylic acid groups (broad SMARTS) is 1. The zero-order chi connectivity index (χ0) is 20.8. The number of amides is 1. The lowest BCUT2D eigenvalue weighted by Crippen LogP contribution is -2.14. The van der Waals surface area contributed by atoms with Gasteiger partial charge in [0.05, 0.1) is 0 Å². The highest BCUT2D eigenvalue weighted by molar-refractivity contribution is 6.11. The van der Waals surface area contributed by atoms with Gasteiger partial charge in [-0.25, -0.2) is 0 Å². The number of anilines is 1. The van der Waals surface area contributed by atoms with Crippen LogP contribution in [-0.2, 0) is 22.6 Å². The topological polar surface area (TPSA) is 95.1 Å². The average Bonchev–Trinajstić information content (AvgIpc) is 3.04. The number of fused-ring (bicyclic) bond motifs is 1. The molecule has 3 aromatic rings. The average molecular weight is 387 g/mol. The minimum absolute atomic E-state index is 0.0467. The van der Waals surface area contributed by atoms with Gasteiger partial charge in [0.25, 0.3) is 5.91 Å². The van der Waals surface area contributed by atoms with E-state index in [0.717, 1.165) is 29.3 Å². The van der Waals surface area contributed by atoms with Crippen LogP contribution in [0, 0.1) is 11.3 Å². The van der Waals surface area contributed by atoms with Crippen molar-refractivity contribution in [3.63, 3.8) is 0 Å². The minimum Gasteiger partial charge on any atom is -0.480 e. The molecule has 0 saturated carbocycles. The number of nitrogens with one attached hydrogen (secondary N) is 1. The molecule has 2 aromatic carbocycles. The number of carboxylic acids is 1. The molecule has 1 amide bonds. The molecule has 6 heteroatoms. The highest BCUT2D eigenvalue weighted by atomic mass is 16.4. The lowest BCUT2D eigenvalue weighted by Gasteiger charge is -2.09. The van der Waals surface area contributed by atoms with E-state index in [1.807, 2.05) is 54.6 Å². The molecule has 0 radical (unpaired) electrons. The zero-order valence-electron chi connectivity index (χ0n) is 16.1. The summed E-state index contributed by atoms with van der Waals surface area (Å²) in [5, 5.41) is 22.3. The first-order valence-corrected chi connectivity index (χ1v) is 9.34. The highest BCUT2D eigenvalue weighted by Crippen LogP contribution is 2.24. The molecule has 0 aliphatic heterocycles. The molecular formula is C23H21N3O3. The predicted molar refractivity (Wildman–Crippen MR) is 112 cm³/mol. The summed E-state index contributed by atoms with van der Waals surface area (Å²) in [6.07, 6.45) is 4.91. The molecule has 3 rings (SSSR count). The summed E-state index contributed by atoms with van der Waals surface area (Å²) >= 11 is 0. The molecular weight excluding hydrogens is 366 g/mol. The number of carbonyl (C=O) groups is 2. The Hall–Kier alpha value is -3.85. The second-order valence-electron chi connectivity index (χ2n) is 6.65. The molecule has 6 nitrogen and oxygen atoms in total. The number of aliphatic carboxylic acids is 1. The number of hydrogen-bond donors (Lipinski definition) is 2. The van der Waals surface area contributed by atoms with E-state index in [9.17, 15) is 14.9 Å². The Morgan fingerprint density at radius 2 is 1.90 bits per heavy atom. The van der Waals surface area contributed by atoms with Crippen molar-refractivity contribution < 1.29 is 14.7 Å². The second-order valence-corrected chi connectivity index (χ2v) is 6.65. The zero-order valence-corrected chi connectivity index (χ0v) is 16.1. The van der Waals surface area contributed by atoms with Crippen LogP contribution >= 0.6 is 0 Å². The molecule has 0 bridgehead atoms. The van der Waals surface area contributed by atoms with E-state index in [1.54, 1.807) is 10.8 Å². The largest absolute Gasteiger partial charge is 0.480 e. The Morgan fingerprint density at radius 1 is 1.17 bits per heavy atom. The number of aromatic nitrogens is 1. The van der Waals surface area contributed by atoms with Crippen LogP contribution in [0.4, 0.5) is 5.69 Å². The number of aryl methyl sites for hydroxylation is 1. The molecule has 0 atom stereocenters. The van der Waals surface area contributed by atoms with Crippen LogP contribution in [0.25, 0.3) is 17.0 Å². The lowest BCUT2D eigenvalue weighted by molar-refractivity contribution is -0.137. The molecule has 0 fully saturated rings. The van der Waals surface area contributed by atoms with Gasteiger partial charge in [0.2, 0.25) is 0 Å². The summed E-state index contributed by atoms with van der Waals surface area (Å²) < 4.78 is 1.59. The van der Waals surface area contributed by atoms with Gasteiger partial charge in [-0.15, -0.1) is 0 Å². The maximum atomic E-state index is 12.7. The Balaban J connectivity index is 1.95. The van der Waals surface area contributed by atoms with Gasteiger partial charge in [-0.2, -0.15) is 5.26 Å². The van der Waals surface area contributed by atoms with Gasteiger partial charge in [0, 0.05) is 28.4 Å². The molecule has 2 N–H and O–H groups in total. The number of nitrogens with zero attached hydrogens (tertiary/aromatic N) is 2. The SMILES string of the molecule is CCCc1ccccc1NC(=O)/C(C#N)=C/c1cn(CC(=O)O)c2ccccc12. The number of carbonyl (C=O) groups excluding carboxylic acids is 1. The van der Waals surface area contributed by atoms with Gasteiger partial charge < -0.3 is 15.0 Å². The van der Waals surface area contributed by atoms with E-state index in [0.29, 0.717) is 11.3 Å². The predicted octanol–water partition coefficient (Wildman–Crippen LogP) is 4.22. The molecule has 0 aliphatic rings. The van der Waals surface area contributed by atoms with Crippen LogP contribution in [0.3, 0.4) is 0 Å². The Bertz CT molecular complexity index is 1140. The van der Waals surface area contributed by atoms with E-state index < -0.39 is 11.9 Å². The third-order valence-electron chi connectivity index (χ3n) is 4.57. The summed E-state index contributed by atoms with van der Waals surface area (Å²) in [5.41, 5.74) is 3.00. The Kier molecular flexibility index (Phi) is 6.10. The fraction of sp³-hybridized carbons (Fsp3) is 0.174. The van der Waals surface area contributed by atoms with E-state index in [-0.39, 0.29) is 12.1 Å². The van der Waals surface area contributed by atoms with Crippen molar-refractivity contribution >= 4 is 34.5 Å². The van der Waals surface area contributed by atoms with E-state index in [4.69, 9.17) is 5.11 Å². The maximum absolute atomic E-state index is 12.7. The quantitative estimate of drug-likeness (QED) is 0.469. The van der Waals surface area contributed by atoms with Crippen LogP contribution in [0.2, 0.25) is 0 Å². The fourth-order valence-electron chi connectivity index (χ4n) is 3.29. The maximum Gasteiger partial charge on any atom is 0.323 e. The molecule has 29 heavy (non-hydrogen) atoms. The van der Waals surface area contributed by atoms with Gasteiger partial charge in [0.1, 0.15) is 18.2 Å². The molecule has 0 unspecified atom stereocenters. The Morgan fingerprint density at radius 3 is 2.62 bits per heavy atom. The molecule has 1 aromatic heterocycles. The van der Waals surface area contributed by atoms with E-state index in [2.05, 4.69) is 12.2 Å². The van der Waals surface area contributed by atoms with Crippen LogP contribution in [-0.4, -0.2) is 21.6 Å². The van der Waals surface area contributed by atoms with Crippen molar-refractivity contribution in [3.05, 3.63) is 71.4 Å². The monoisotopic (exact) mass is 387 g/mol. The van der Waals surface area contributed by atoms with Crippen molar-refractivity contribution in [1.82, 2.24) is 4.57 Å². The first-order valence-electron chi connectivity index (χ1n) is 9.34. The second kappa shape index (κ2) is 8.89. The minimum atomic E-state index is -0.966. The summed E-state index contributed by atoms with van der Waals surface area (Å²) in [4.78, 5) is 23.9. The van der Waals surface area contributed by atoms with Gasteiger partial charge in [-0.05, 0) is 30.2 Å². The lowest BCUT2D eigenvalue weighted by atomic mass is 10.1. The summed E-state index contributed by atoms with van der Waals surface area (Å²) in [7, 11) is 0.